The number of alkyl halides is 3. The average molecular weight is 307 g/mol. The molecule has 0 unspecified atom stereocenters. The Hall–Kier alpha value is -2.83. The molecule has 1 aliphatic heterocycles. The van der Waals surface area contributed by atoms with Crippen molar-refractivity contribution in [1.82, 2.24) is 0 Å². The first-order valence-corrected chi connectivity index (χ1v) is 6.17. The highest BCUT2D eigenvalue weighted by molar-refractivity contribution is 6.11. The first kappa shape index (κ1) is 14.1. The molecule has 0 amide bonds. The molecule has 1 aromatic heterocycles. The fourth-order valence-corrected chi connectivity index (χ4v) is 1.84. The smallest absolute Gasteiger partial charge is 0.416 e. The van der Waals surface area contributed by atoms with Gasteiger partial charge in [0.25, 0.3) is 5.90 Å². The van der Waals surface area contributed by atoms with E-state index >= 15 is 0 Å². The molecule has 2 heterocycles. The van der Waals surface area contributed by atoms with Crippen LogP contribution < -0.4 is 0 Å². The molecule has 0 atom stereocenters. The summed E-state index contributed by atoms with van der Waals surface area (Å²) in [6, 6.07) is 7.57. The van der Waals surface area contributed by atoms with E-state index in [1.54, 1.807) is 12.1 Å². The summed E-state index contributed by atoms with van der Waals surface area (Å²) < 4.78 is 47.4. The molecule has 22 heavy (non-hydrogen) atoms. The van der Waals surface area contributed by atoms with Gasteiger partial charge in [-0.2, -0.15) is 13.2 Å². The fraction of sp³-hybridized carbons (Fsp3) is 0.0667. The molecule has 0 fully saturated rings. The van der Waals surface area contributed by atoms with Crippen LogP contribution >= 0.6 is 0 Å². The Kier molecular flexibility index (Phi) is 3.32. The molecule has 4 nitrogen and oxygen atoms in total. The Morgan fingerprint density at radius 1 is 1.09 bits per heavy atom. The molecule has 1 aromatic carbocycles. The van der Waals surface area contributed by atoms with Crippen molar-refractivity contribution >= 4 is 17.9 Å². The van der Waals surface area contributed by atoms with Gasteiger partial charge in [-0.15, -0.1) is 0 Å². The summed E-state index contributed by atoms with van der Waals surface area (Å²) in [4.78, 5) is 15.7. The minimum atomic E-state index is -4.40. The summed E-state index contributed by atoms with van der Waals surface area (Å²) in [6.45, 7) is 0. The number of hydrogen-bond donors (Lipinski definition) is 0. The Labute approximate surface area is 122 Å². The predicted molar refractivity (Wildman–Crippen MR) is 70.8 cm³/mol. The standard InChI is InChI=1S/C15H8F3NO3/c16-15(17,18)10-5-3-9(4-6-10)8-11-14(20)22-13(19-11)12-2-1-7-21-12/h1-8H/b11-8-. The molecule has 0 radical (unpaired) electrons. The summed E-state index contributed by atoms with van der Waals surface area (Å²) in [5.41, 5.74) is -0.362. The summed E-state index contributed by atoms with van der Waals surface area (Å²) in [5.74, 6) is -0.372. The van der Waals surface area contributed by atoms with Crippen molar-refractivity contribution in [2.24, 2.45) is 4.99 Å². The van der Waals surface area contributed by atoms with Gasteiger partial charge in [-0.05, 0) is 35.9 Å². The second kappa shape index (κ2) is 5.18. The number of esters is 1. The minimum Gasteiger partial charge on any atom is -0.459 e. The van der Waals surface area contributed by atoms with Gasteiger partial charge >= 0.3 is 12.1 Å². The van der Waals surface area contributed by atoms with Gasteiger partial charge in [-0.3, -0.25) is 0 Å². The van der Waals surface area contributed by atoms with E-state index in [9.17, 15) is 18.0 Å². The van der Waals surface area contributed by atoms with E-state index in [4.69, 9.17) is 9.15 Å². The predicted octanol–water partition coefficient (Wildman–Crippen LogP) is 3.64. The summed E-state index contributed by atoms with van der Waals surface area (Å²) in [5, 5.41) is 0. The normalized spacial score (nSPS) is 16.8. The molecule has 112 valence electrons. The van der Waals surface area contributed by atoms with Gasteiger partial charge in [0.2, 0.25) is 0 Å². The molecular weight excluding hydrogens is 299 g/mol. The molecule has 3 rings (SSSR count). The third-order valence-electron chi connectivity index (χ3n) is 2.89. The first-order valence-electron chi connectivity index (χ1n) is 6.17. The molecule has 0 aliphatic carbocycles. The van der Waals surface area contributed by atoms with Crippen LogP contribution in [0, 0.1) is 0 Å². The zero-order chi connectivity index (χ0) is 15.7. The Morgan fingerprint density at radius 3 is 2.41 bits per heavy atom. The molecular formula is C15H8F3NO3. The van der Waals surface area contributed by atoms with Crippen LogP contribution in [-0.2, 0) is 15.7 Å². The lowest BCUT2D eigenvalue weighted by molar-refractivity contribution is -0.137. The van der Waals surface area contributed by atoms with E-state index in [1.165, 1.54) is 24.5 Å². The maximum atomic E-state index is 12.5. The van der Waals surface area contributed by atoms with Crippen LogP contribution in [0.15, 0.2) is 57.8 Å². The van der Waals surface area contributed by atoms with E-state index in [0.29, 0.717) is 11.3 Å². The maximum Gasteiger partial charge on any atom is 0.416 e. The largest absolute Gasteiger partial charge is 0.459 e. The highest BCUT2D eigenvalue weighted by Gasteiger charge is 2.30. The van der Waals surface area contributed by atoms with Gasteiger partial charge < -0.3 is 9.15 Å². The molecule has 0 saturated heterocycles. The van der Waals surface area contributed by atoms with Crippen LogP contribution in [-0.4, -0.2) is 11.9 Å². The minimum absolute atomic E-state index is 0.00819. The number of benzene rings is 1. The van der Waals surface area contributed by atoms with Gasteiger partial charge in [0.05, 0.1) is 11.8 Å². The van der Waals surface area contributed by atoms with Crippen molar-refractivity contribution in [2.45, 2.75) is 6.18 Å². The Balaban J connectivity index is 1.87. The number of aliphatic imine (C=N–C) groups is 1. The Bertz CT molecular complexity index is 756. The number of hydrogen-bond acceptors (Lipinski definition) is 4. The number of furan rings is 1. The van der Waals surface area contributed by atoms with Crippen molar-refractivity contribution in [3.8, 4) is 0 Å². The van der Waals surface area contributed by atoms with Crippen molar-refractivity contribution in [3.05, 3.63) is 65.2 Å². The third-order valence-corrected chi connectivity index (χ3v) is 2.89. The number of carbonyl (C=O) groups is 1. The molecule has 0 bridgehead atoms. The van der Waals surface area contributed by atoms with E-state index in [2.05, 4.69) is 4.99 Å². The van der Waals surface area contributed by atoms with Gasteiger partial charge in [0, 0.05) is 0 Å². The fourth-order valence-electron chi connectivity index (χ4n) is 1.84. The van der Waals surface area contributed by atoms with Gasteiger partial charge in [-0.25, -0.2) is 9.79 Å². The second-order valence-corrected chi connectivity index (χ2v) is 4.43. The van der Waals surface area contributed by atoms with Crippen LogP contribution in [0.4, 0.5) is 13.2 Å². The zero-order valence-electron chi connectivity index (χ0n) is 10.9. The van der Waals surface area contributed by atoms with Gasteiger partial charge in [0.1, 0.15) is 0 Å². The van der Waals surface area contributed by atoms with E-state index in [0.717, 1.165) is 12.1 Å². The second-order valence-electron chi connectivity index (χ2n) is 4.43. The van der Waals surface area contributed by atoms with Crippen LogP contribution in [0.2, 0.25) is 0 Å². The zero-order valence-corrected chi connectivity index (χ0v) is 10.9. The summed E-state index contributed by atoms with van der Waals surface area (Å²) in [7, 11) is 0. The molecule has 7 heteroatoms. The molecule has 0 spiro atoms. The lowest BCUT2D eigenvalue weighted by atomic mass is 10.1. The van der Waals surface area contributed by atoms with Crippen molar-refractivity contribution < 1.29 is 27.1 Å². The van der Waals surface area contributed by atoms with Crippen LogP contribution in [0.3, 0.4) is 0 Å². The lowest BCUT2D eigenvalue weighted by Gasteiger charge is -2.05. The van der Waals surface area contributed by atoms with Crippen LogP contribution in [0.1, 0.15) is 16.9 Å². The van der Waals surface area contributed by atoms with E-state index in [-0.39, 0.29) is 11.6 Å². The summed E-state index contributed by atoms with van der Waals surface area (Å²) >= 11 is 0. The topological polar surface area (TPSA) is 51.8 Å². The monoisotopic (exact) mass is 307 g/mol. The number of halogens is 3. The van der Waals surface area contributed by atoms with E-state index in [1.807, 2.05) is 0 Å². The molecule has 0 N–H and O–H groups in total. The quantitative estimate of drug-likeness (QED) is 0.628. The molecule has 1 aliphatic rings. The van der Waals surface area contributed by atoms with Gasteiger partial charge in [-0.1, -0.05) is 12.1 Å². The third kappa shape index (κ3) is 2.78. The van der Waals surface area contributed by atoms with Crippen LogP contribution in [0.25, 0.3) is 6.08 Å². The highest BCUT2D eigenvalue weighted by atomic mass is 19.4. The van der Waals surface area contributed by atoms with Crippen LogP contribution in [0.5, 0.6) is 0 Å². The summed E-state index contributed by atoms with van der Waals surface area (Å²) in [6.07, 6.45) is -1.65. The SMILES string of the molecule is O=C1OC(c2ccco2)=N/C1=C\c1ccc(C(F)(F)F)cc1. The first-order chi connectivity index (χ1) is 10.4. The van der Waals surface area contributed by atoms with Crippen molar-refractivity contribution in [1.29, 1.82) is 0 Å². The number of rotatable bonds is 2. The molecule has 2 aromatic rings. The maximum absolute atomic E-state index is 12.5. The Morgan fingerprint density at radius 2 is 1.82 bits per heavy atom. The highest BCUT2D eigenvalue weighted by Crippen LogP contribution is 2.29. The van der Waals surface area contributed by atoms with Crippen molar-refractivity contribution in [3.63, 3.8) is 0 Å². The number of ether oxygens (including phenoxy) is 1. The average Bonchev–Trinajstić information content (AvgIpc) is 3.09. The number of carbonyl (C=O) groups excluding carboxylic acids is 1. The van der Waals surface area contributed by atoms with Gasteiger partial charge in [0.15, 0.2) is 11.5 Å². The lowest BCUT2D eigenvalue weighted by Crippen LogP contribution is -2.04. The number of nitrogens with zero attached hydrogens (tertiary/aromatic N) is 1. The van der Waals surface area contributed by atoms with Crippen molar-refractivity contribution in [2.75, 3.05) is 0 Å². The van der Waals surface area contributed by atoms with E-state index < -0.39 is 17.7 Å². The molecule has 0 saturated carbocycles. The number of cyclic esters (lactones) is 1.